The Morgan fingerprint density at radius 2 is 2.21 bits per heavy atom. The van der Waals surface area contributed by atoms with Gasteiger partial charge in [-0.25, -0.2) is 9.98 Å². The Labute approximate surface area is 152 Å². The van der Waals surface area contributed by atoms with Gasteiger partial charge in [-0.1, -0.05) is 34.5 Å². The molecule has 1 aliphatic heterocycles. The monoisotopic (exact) mass is 379 g/mol. The van der Waals surface area contributed by atoms with Gasteiger partial charge in [-0.3, -0.25) is 4.79 Å². The zero-order valence-corrected chi connectivity index (χ0v) is 14.6. The second kappa shape index (κ2) is 7.18. The van der Waals surface area contributed by atoms with Gasteiger partial charge in [0.1, 0.15) is 10.2 Å². The van der Waals surface area contributed by atoms with Crippen LogP contribution in [0.15, 0.2) is 23.2 Å². The summed E-state index contributed by atoms with van der Waals surface area (Å²) >= 11 is 13.2. The smallest absolute Gasteiger partial charge is 0.245 e. The van der Waals surface area contributed by atoms with Crippen molar-refractivity contribution in [2.75, 3.05) is 17.2 Å². The third kappa shape index (κ3) is 3.85. The highest BCUT2D eigenvalue weighted by molar-refractivity contribution is 7.19. The molecule has 0 radical (unpaired) electrons. The average molecular weight is 380 g/mol. The number of anilines is 2. The predicted octanol–water partition coefficient (Wildman–Crippen LogP) is 3.93. The van der Waals surface area contributed by atoms with Crippen LogP contribution in [0.1, 0.15) is 17.7 Å². The molecule has 2 aromatic rings. The molecular formula is C15H11Cl2N5OS. The minimum Gasteiger partial charge on any atom is -0.375 e. The van der Waals surface area contributed by atoms with E-state index in [9.17, 15) is 4.79 Å². The lowest BCUT2D eigenvalue weighted by Gasteiger charge is -2.08. The average Bonchev–Trinajstić information content (AvgIpc) is 2.95. The second-order valence-corrected chi connectivity index (χ2v) is 6.79. The Hall–Kier alpha value is -2.14. The molecule has 0 saturated carbocycles. The topological polar surface area (TPSA) is 90.2 Å². The number of aromatic nitrogens is 1. The van der Waals surface area contributed by atoms with Crippen LogP contribution in [0.4, 0.5) is 15.8 Å². The standard InChI is InChI=1S/C15H11Cl2N5OS/c16-9-2-1-8(6-18)5-11(9)19-7-13(23)22-15-20-10-3-4-12(17)21-14(10)24-15/h1-2,5,19H,3-4,7H2,(H,20,22,23). The first-order valence-electron chi connectivity index (χ1n) is 7.01. The minimum atomic E-state index is -0.269. The van der Waals surface area contributed by atoms with Crippen molar-refractivity contribution in [1.82, 2.24) is 4.98 Å². The first-order valence-corrected chi connectivity index (χ1v) is 8.58. The van der Waals surface area contributed by atoms with Crippen molar-refractivity contribution >= 4 is 61.4 Å². The van der Waals surface area contributed by atoms with Crippen molar-refractivity contribution in [1.29, 1.82) is 5.26 Å². The Bertz CT molecular complexity index is 871. The number of aryl methyl sites for hydroxylation is 1. The molecule has 0 fully saturated rings. The predicted molar refractivity (Wildman–Crippen MR) is 96.7 cm³/mol. The normalized spacial score (nSPS) is 12.8. The van der Waals surface area contributed by atoms with Gasteiger partial charge >= 0.3 is 0 Å². The fraction of sp³-hybridized carbons (Fsp3) is 0.200. The molecule has 2 N–H and O–H groups in total. The molecule has 1 aromatic heterocycles. The van der Waals surface area contributed by atoms with E-state index in [1.807, 2.05) is 6.07 Å². The number of aliphatic imine (C=N–C) groups is 1. The third-order valence-corrected chi connectivity index (χ3v) is 4.76. The van der Waals surface area contributed by atoms with Crippen LogP contribution >= 0.6 is 34.5 Å². The summed E-state index contributed by atoms with van der Waals surface area (Å²) in [4.78, 5) is 20.6. The number of carbonyl (C=O) groups is 1. The molecular weight excluding hydrogens is 369 g/mol. The first-order chi connectivity index (χ1) is 11.5. The van der Waals surface area contributed by atoms with Gasteiger partial charge in [0.05, 0.1) is 34.6 Å². The lowest BCUT2D eigenvalue weighted by atomic mass is 10.2. The summed E-state index contributed by atoms with van der Waals surface area (Å²) in [6, 6.07) is 6.83. The summed E-state index contributed by atoms with van der Waals surface area (Å²) in [6.07, 6.45) is 1.39. The molecule has 1 aliphatic rings. The van der Waals surface area contributed by atoms with Gasteiger partial charge in [0, 0.05) is 6.42 Å². The van der Waals surface area contributed by atoms with Crippen LogP contribution < -0.4 is 10.6 Å². The molecule has 0 unspecified atom stereocenters. The molecule has 2 heterocycles. The van der Waals surface area contributed by atoms with Crippen LogP contribution in [0.5, 0.6) is 0 Å². The highest BCUT2D eigenvalue weighted by atomic mass is 35.5. The molecule has 3 rings (SSSR count). The Balaban J connectivity index is 1.62. The van der Waals surface area contributed by atoms with Crippen molar-refractivity contribution < 1.29 is 4.79 Å². The molecule has 0 saturated heterocycles. The number of nitrogens with zero attached hydrogens (tertiary/aromatic N) is 3. The summed E-state index contributed by atoms with van der Waals surface area (Å²) in [6.45, 7) is 0.00285. The van der Waals surface area contributed by atoms with E-state index >= 15 is 0 Å². The summed E-state index contributed by atoms with van der Waals surface area (Å²) in [5.74, 6) is -0.269. The van der Waals surface area contributed by atoms with Crippen molar-refractivity contribution in [3.05, 3.63) is 34.5 Å². The molecule has 0 bridgehead atoms. The molecule has 0 aliphatic carbocycles. The van der Waals surface area contributed by atoms with Crippen molar-refractivity contribution in [3.8, 4) is 6.07 Å². The van der Waals surface area contributed by atoms with Gasteiger partial charge in [0.2, 0.25) is 5.91 Å². The van der Waals surface area contributed by atoms with Gasteiger partial charge in [-0.15, -0.1) is 0 Å². The van der Waals surface area contributed by atoms with Crippen molar-refractivity contribution in [2.24, 2.45) is 4.99 Å². The van der Waals surface area contributed by atoms with E-state index in [1.54, 1.807) is 18.2 Å². The summed E-state index contributed by atoms with van der Waals surface area (Å²) in [5, 5.41) is 16.7. The number of amides is 1. The van der Waals surface area contributed by atoms with Gasteiger partial charge in [-0.05, 0) is 24.6 Å². The maximum Gasteiger partial charge on any atom is 0.245 e. The van der Waals surface area contributed by atoms with E-state index in [4.69, 9.17) is 28.5 Å². The highest BCUT2D eigenvalue weighted by Crippen LogP contribution is 2.35. The lowest BCUT2D eigenvalue weighted by molar-refractivity contribution is -0.114. The van der Waals surface area contributed by atoms with E-state index < -0.39 is 0 Å². The Morgan fingerprint density at radius 1 is 1.38 bits per heavy atom. The van der Waals surface area contributed by atoms with Gasteiger partial charge in [0.25, 0.3) is 0 Å². The van der Waals surface area contributed by atoms with Crippen LogP contribution in [-0.2, 0) is 11.2 Å². The first kappa shape index (κ1) is 16.7. The molecule has 0 atom stereocenters. The molecule has 9 heteroatoms. The fourth-order valence-corrected chi connectivity index (χ4v) is 3.44. The van der Waals surface area contributed by atoms with Crippen LogP contribution in [0.25, 0.3) is 0 Å². The zero-order chi connectivity index (χ0) is 17.1. The van der Waals surface area contributed by atoms with E-state index in [-0.39, 0.29) is 12.5 Å². The van der Waals surface area contributed by atoms with Crippen LogP contribution in [0.2, 0.25) is 5.02 Å². The molecule has 0 spiro atoms. The summed E-state index contributed by atoms with van der Waals surface area (Å²) < 4.78 is 0. The number of hydrogen-bond donors (Lipinski definition) is 2. The van der Waals surface area contributed by atoms with Gasteiger partial charge in [0.15, 0.2) is 5.13 Å². The van der Waals surface area contributed by atoms with Crippen molar-refractivity contribution in [2.45, 2.75) is 12.8 Å². The summed E-state index contributed by atoms with van der Waals surface area (Å²) in [7, 11) is 0. The van der Waals surface area contributed by atoms with E-state index in [0.717, 1.165) is 17.1 Å². The number of halogens is 2. The second-order valence-electron chi connectivity index (χ2n) is 4.97. The lowest BCUT2D eigenvalue weighted by Crippen LogP contribution is -2.21. The Kier molecular flexibility index (Phi) is 5.00. The minimum absolute atomic E-state index is 0.00285. The molecule has 1 amide bonds. The van der Waals surface area contributed by atoms with E-state index in [1.165, 1.54) is 11.3 Å². The molecule has 24 heavy (non-hydrogen) atoms. The quantitative estimate of drug-likeness (QED) is 0.841. The van der Waals surface area contributed by atoms with E-state index in [0.29, 0.717) is 33.0 Å². The Morgan fingerprint density at radius 3 is 3.00 bits per heavy atom. The largest absolute Gasteiger partial charge is 0.375 e. The number of fused-ring (bicyclic) bond motifs is 1. The maximum atomic E-state index is 12.1. The molecule has 1 aromatic carbocycles. The fourth-order valence-electron chi connectivity index (χ4n) is 2.10. The number of rotatable bonds is 4. The van der Waals surface area contributed by atoms with E-state index in [2.05, 4.69) is 20.6 Å². The molecule has 6 nitrogen and oxygen atoms in total. The number of nitriles is 1. The number of thiazole rings is 1. The van der Waals surface area contributed by atoms with Crippen molar-refractivity contribution in [3.63, 3.8) is 0 Å². The zero-order valence-electron chi connectivity index (χ0n) is 12.3. The van der Waals surface area contributed by atoms with Gasteiger partial charge < -0.3 is 10.6 Å². The number of benzene rings is 1. The third-order valence-electron chi connectivity index (χ3n) is 3.25. The number of carbonyl (C=O) groups excluding carboxylic acids is 1. The molecule has 122 valence electrons. The van der Waals surface area contributed by atoms with Crippen LogP contribution in [0.3, 0.4) is 0 Å². The SMILES string of the molecule is N#Cc1ccc(Cl)c(NCC(=O)Nc2nc3c(s2)N=C(Cl)CC3)c1. The highest BCUT2D eigenvalue weighted by Gasteiger charge is 2.17. The van der Waals surface area contributed by atoms with Crippen LogP contribution in [-0.4, -0.2) is 22.6 Å². The van der Waals surface area contributed by atoms with Crippen LogP contribution in [0, 0.1) is 11.3 Å². The number of nitrogens with one attached hydrogen (secondary N) is 2. The maximum absolute atomic E-state index is 12.1. The van der Waals surface area contributed by atoms with Gasteiger partial charge in [-0.2, -0.15) is 5.26 Å². The number of hydrogen-bond acceptors (Lipinski definition) is 6. The summed E-state index contributed by atoms with van der Waals surface area (Å²) in [5.41, 5.74) is 1.84.